The van der Waals surface area contributed by atoms with Gasteiger partial charge in [-0.2, -0.15) is 0 Å². The summed E-state index contributed by atoms with van der Waals surface area (Å²) in [4.78, 5) is 22.1. The van der Waals surface area contributed by atoms with Crippen LogP contribution in [0.4, 0.5) is 4.39 Å². The molecule has 0 radical (unpaired) electrons. The first-order valence-electron chi connectivity index (χ1n) is 4.30. The molecule has 1 aliphatic rings. The Balaban J connectivity index is 2.49. The number of alkyl halides is 1. The summed E-state index contributed by atoms with van der Waals surface area (Å²) >= 11 is 0. The van der Waals surface area contributed by atoms with Gasteiger partial charge in [0.2, 0.25) is 5.79 Å². The molecule has 1 unspecified atom stereocenters. The first-order valence-corrected chi connectivity index (χ1v) is 4.30. The maximum atomic E-state index is 13.1. The molecule has 0 heterocycles. The molecule has 5 heteroatoms. The standard InChI is InChI=1S/C8H13FN2O2/c1-2-8(9,10)6(12)7(13)11-5-3-4-5/h5H,2-4,10H2,1H3,(H,11,13). The highest BCUT2D eigenvalue weighted by atomic mass is 19.1. The number of halogens is 1. The van der Waals surface area contributed by atoms with Crippen molar-refractivity contribution in [3.63, 3.8) is 0 Å². The molecule has 1 aliphatic carbocycles. The smallest absolute Gasteiger partial charge is 0.292 e. The van der Waals surface area contributed by atoms with E-state index in [-0.39, 0.29) is 12.5 Å². The Morgan fingerprint density at radius 3 is 2.54 bits per heavy atom. The van der Waals surface area contributed by atoms with E-state index in [1.54, 1.807) is 0 Å². The molecule has 1 rings (SSSR count). The van der Waals surface area contributed by atoms with E-state index < -0.39 is 17.5 Å². The summed E-state index contributed by atoms with van der Waals surface area (Å²) in [5.74, 6) is -4.60. The van der Waals surface area contributed by atoms with E-state index in [0.717, 1.165) is 12.8 Å². The number of amides is 1. The van der Waals surface area contributed by atoms with E-state index in [2.05, 4.69) is 5.32 Å². The molecule has 13 heavy (non-hydrogen) atoms. The van der Waals surface area contributed by atoms with Crippen LogP contribution in [-0.4, -0.2) is 23.5 Å². The van der Waals surface area contributed by atoms with Crippen molar-refractivity contribution >= 4 is 11.7 Å². The second kappa shape index (κ2) is 3.41. The van der Waals surface area contributed by atoms with Gasteiger partial charge in [-0.3, -0.25) is 15.3 Å². The highest BCUT2D eigenvalue weighted by molar-refractivity contribution is 6.39. The molecular weight excluding hydrogens is 175 g/mol. The third-order valence-electron chi connectivity index (χ3n) is 2.01. The fourth-order valence-electron chi connectivity index (χ4n) is 0.828. The molecule has 0 aromatic rings. The zero-order valence-corrected chi connectivity index (χ0v) is 7.47. The van der Waals surface area contributed by atoms with Gasteiger partial charge in [0.25, 0.3) is 11.7 Å². The number of hydrogen-bond donors (Lipinski definition) is 2. The van der Waals surface area contributed by atoms with Gasteiger partial charge in [-0.25, -0.2) is 4.39 Å². The van der Waals surface area contributed by atoms with Crippen LogP contribution in [0.3, 0.4) is 0 Å². The number of rotatable bonds is 4. The first kappa shape index (κ1) is 10.1. The predicted octanol–water partition coefficient (Wildman–Crippen LogP) is -0.131. The molecule has 1 fully saturated rings. The Morgan fingerprint density at radius 1 is 1.62 bits per heavy atom. The van der Waals surface area contributed by atoms with Gasteiger partial charge in [0, 0.05) is 6.04 Å². The number of carbonyl (C=O) groups is 2. The molecule has 0 spiro atoms. The van der Waals surface area contributed by atoms with Crippen molar-refractivity contribution in [3.05, 3.63) is 0 Å². The largest absolute Gasteiger partial charge is 0.347 e. The zero-order valence-electron chi connectivity index (χ0n) is 7.47. The molecule has 1 atom stereocenters. The lowest BCUT2D eigenvalue weighted by Gasteiger charge is -2.15. The number of nitrogens with two attached hydrogens (primary N) is 1. The lowest BCUT2D eigenvalue weighted by atomic mass is 10.1. The van der Waals surface area contributed by atoms with Gasteiger partial charge in [-0.05, 0) is 19.3 Å². The molecule has 1 amide bonds. The molecule has 0 aromatic heterocycles. The fraction of sp³-hybridized carbons (Fsp3) is 0.750. The molecular formula is C8H13FN2O2. The lowest BCUT2D eigenvalue weighted by molar-refractivity contribution is -0.145. The van der Waals surface area contributed by atoms with E-state index in [4.69, 9.17) is 5.73 Å². The van der Waals surface area contributed by atoms with E-state index in [9.17, 15) is 14.0 Å². The van der Waals surface area contributed by atoms with Crippen molar-refractivity contribution in [2.45, 2.75) is 38.0 Å². The lowest BCUT2D eigenvalue weighted by Crippen LogP contribution is -2.50. The van der Waals surface area contributed by atoms with Crippen LogP contribution in [0.2, 0.25) is 0 Å². The molecule has 0 saturated heterocycles. The molecule has 74 valence electrons. The second-order valence-corrected chi connectivity index (χ2v) is 3.29. The summed E-state index contributed by atoms with van der Waals surface area (Å²) in [7, 11) is 0. The van der Waals surface area contributed by atoms with Gasteiger partial charge >= 0.3 is 0 Å². The quantitative estimate of drug-likeness (QED) is 0.476. The van der Waals surface area contributed by atoms with Crippen molar-refractivity contribution in [1.29, 1.82) is 0 Å². The molecule has 4 nitrogen and oxygen atoms in total. The Bertz CT molecular complexity index is 236. The fourth-order valence-corrected chi connectivity index (χ4v) is 0.828. The minimum atomic E-state index is -2.51. The average molecular weight is 188 g/mol. The van der Waals surface area contributed by atoms with Gasteiger partial charge in [0.1, 0.15) is 0 Å². The molecule has 0 aliphatic heterocycles. The number of carbonyl (C=O) groups excluding carboxylic acids is 2. The normalized spacial score (nSPS) is 20.5. The highest BCUT2D eigenvalue weighted by Crippen LogP contribution is 2.19. The number of hydrogen-bond acceptors (Lipinski definition) is 3. The predicted molar refractivity (Wildman–Crippen MR) is 44.5 cm³/mol. The van der Waals surface area contributed by atoms with Crippen molar-refractivity contribution in [3.8, 4) is 0 Å². The summed E-state index contributed by atoms with van der Waals surface area (Å²) in [5.41, 5.74) is 4.98. The molecule has 0 bridgehead atoms. The van der Waals surface area contributed by atoms with Crippen molar-refractivity contribution < 1.29 is 14.0 Å². The summed E-state index contributed by atoms with van der Waals surface area (Å²) in [6.07, 6.45) is 1.52. The highest BCUT2D eigenvalue weighted by Gasteiger charge is 2.38. The van der Waals surface area contributed by atoms with Gasteiger partial charge in [-0.1, -0.05) is 6.92 Å². The Morgan fingerprint density at radius 2 is 2.15 bits per heavy atom. The van der Waals surface area contributed by atoms with Crippen molar-refractivity contribution in [2.75, 3.05) is 0 Å². The van der Waals surface area contributed by atoms with Crippen LogP contribution < -0.4 is 11.1 Å². The zero-order chi connectivity index (χ0) is 10.1. The van der Waals surface area contributed by atoms with Crippen LogP contribution in [0.15, 0.2) is 0 Å². The minimum absolute atomic E-state index is 0.0455. The van der Waals surface area contributed by atoms with E-state index in [0.29, 0.717) is 0 Å². The third kappa shape index (κ3) is 2.48. The Kier molecular flexibility index (Phi) is 2.66. The third-order valence-corrected chi connectivity index (χ3v) is 2.01. The average Bonchev–Trinajstić information content (AvgIpc) is 2.86. The maximum absolute atomic E-state index is 13.1. The monoisotopic (exact) mass is 188 g/mol. The summed E-state index contributed by atoms with van der Waals surface area (Å²) < 4.78 is 13.1. The van der Waals surface area contributed by atoms with Crippen LogP contribution in [0.5, 0.6) is 0 Å². The van der Waals surface area contributed by atoms with Gasteiger partial charge in [0.15, 0.2) is 0 Å². The molecule has 3 N–H and O–H groups in total. The van der Waals surface area contributed by atoms with Crippen LogP contribution in [0.1, 0.15) is 26.2 Å². The van der Waals surface area contributed by atoms with E-state index in [1.165, 1.54) is 6.92 Å². The first-order chi connectivity index (χ1) is 5.97. The van der Waals surface area contributed by atoms with Crippen molar-refractivity contribution in [2.24, 2.45) is 5.73 Å². The van der Waals surface area contributed by atoms with E-state index in [1.807, 2.05) is 0 Å². The number of nitrogens with one attached hydrogen (secondary N) is 1. The van der Waals surface area contributed by atoms with Gasteiger partial charge < -0.3 is 5.32 Å². The van der Waals surface area contributed by atoms with Gasteiger partial charge in [-0.15, -0.1) is 0 Å². The van der Waals surface area contributed by atoms with Crippen LogP contribution >= 0.6 is 0 Å². The van der Waals surface area contributed by atoms with Crippen LogP contribution in [-0.2, 0) is 9.59 Å². The Labute approximate surface area is 75.7 Å². The van der Waals surface area contributed by atoms with Crippen LogP contribution in [0.25, 0.3) is 0 Å². The summed E-state index contributed by atoms with van der Waals surface area (Å²) in [6.45, 7) is 1.42. The number of Topliss-reactive ketones (excluding diaryl/α,β-unsaturated/α-hetero) is 1. The van der Waals surface area contributed by atoms with E-state index >= 15 is 0 Å². The van der Waals surface area contributed by atoms with Crippen LogP contribution in [0, 0.1) is 0 Å². The topological polar surface area (TPSA) is 72.2 Å². The minimum Gasteiger partial charge on any atom is -0.347 e. The Hall–Kier alpha value is -0.970. The maximum Gasteiger partial charge on any atom is 0.292 e. The second-order valence-electron chi connectivity index (χ2n) is 3.29. The molecule has 0 aromatic carbocycles. The molecule has 1 saturated carbocycles. The SMILES string of the molecule is CCC(N)(F)C(=O)C(=O)NC1CC1. The van der Waals surface area contributed by atoms with Gasteiger partial charge in [0.05, 0.1) is 0 Å². The summed E-state index contributed by atoms with van der Waals surface area (Å²) in [5, 5.41) is 2.39. The number of ketones is 1. The summed E-state index contributed by atoms with van der Waals surface area (Å²) in [6, 6.07) is 0.0455. The van der Waals surface area contributed by atoms with Crippen molar-refractivity contribution in [1.82, 2.24) is 5.32 Å².